The van der Waals surface area contributed by atoms with Crippen molar-refractivity contribution in [1.82, 2.24) is 14.7 Å². The number of benzene rings is 1. The van der Waals surface area contributed by atoms with Crippen LogP contribution in [0.4, 0.5) is 0 Å². The number of piperidine rings is 1. The van der Waals surface area contributed by atoms with Crippen molar-refractivity contribution in [3.63, 3.8) is 0 Å². The average molecular weight is 366 g/mol. The number of ether oxygens (including phenoxy) is 1. The highest BCUT2D eigenvalue weighted by molar-refractivity contribution is 6.34. The van der Waals surface area contributed by atoms with Crippen LogP contribution >= 0.6 is 11.6 Å². The van der Waals surface area contributed by atoms with Crippen LogP contribution in [0.1, 0.15) is 29.6 Å². The number of rotatable bonds is 4. The van der Waals surface area contributed by atoms with Gasteiger partial charge in [0.15, 0.2) is 0 Å². The minimum Gasteiger partial charge on any atom is -0.489 e. The highest BCUT2D eigenvalue weighted by Gasteiger charge is 2.31. The Balaban J connectivity index is 1.56. The summed E-state index contributed by atoms with van der Waals surface area (Å²) in [4.78, 5) is 18.6. The van der Waals surface area contributed by atoms with Gasteiger partial charge in [-0.05, 0) is 57.6 Å². The Hall–Kier alpha value is -1.30. The van der Waals surface area contributed by atoms with E-state index in [2.05, 4.69) is 16.8 Å². The maximum atomic E-state index is 12.1. The summed E-state index contributed by atoms with van der Waals surface area (Å²) in [5.41, 5.74) is 0.512. The van der Waals surface area contributed by atoms with Gasteiger partial charge in [0.1, 0.15) is 11.9 Å². The van der Waals surface area contributed by atoms with Crippen LogP contribution in [0.2, 0.25) is 5.02 Å². The first-order valence-electron chi connectivity index (χ1n) is 9.04. The minimum absolute atomic E-state index is 0.0918. The Morgan fingerprint density at radius 3 is 2.56 bits per heavy atom. The molecule has 25 heavy (non-hydrogen) atoms. The van der Waals surface area contributed by atoms with E-state index in [1.807, 2.05) is 6.07 Å². The molecule has 2 aliphatic heterocycles. The van der Waals surface area contributed by atoms with Crippen molar-refractivity contribution >= 4 is 17.5 Å². The van der Waals surface area contributed by atoms with Gasteiger partial charge in [-0.2, -0.15) is 0 Å². The molecule has 3 rings (SSSR count). The quantitative estimate of drug-likeness (QED) is 0.821. The van der Waals surface area contributed by atoms with Crippen LogP contribution in [0.15, 0.2) is 18.2 Å². The van der Waals surface area contributed by atoms with Gasteiger partial charge in [0.25, 0.3) is 5.91 Å². The number of carbonyl (C=O) groups excluding carboxylic acids is 1. The van der Waals surface area contributed by atoms with Crippen molar-refractivity contribution in [2.75, 3.05) is 47.3 Å². The van der Waals surface area contributed by atoms with Crippen molar-refractivity contribution < 1.29 is 9.53 Å². The molecule has 0 N–H and O–H groups in total. The molecule has 0 aliphatic carbocycles. The molecule has 0 bridgehead atoms. The van der Waals surface area contributed by atoms with E-state index in [1.165, 1.54) is 30.8 Å². The smallest absolute Gasteiger partial charge is 0.254 e. The topological polar surface area (TPSA) is 36.0 Å². The zero-order chi connectivity index (χ0) is 18.0. The van der Waals surface area contributed by atoms with E-state index >= 15 is 0 Å². The fourth-order valence-electron chi connectivity index (χ4n) is 3.72. The zero-order valence-corrected chi connectivity index (χ0v) is 16.1. The molecule has 0 spiro atoms. The molecule has 2 aliphatic rings. The lowest BCUT2D eigenvalue weighted by molar-refractivity contribution is 0.0827. The van der Waals surface area contributed by atoms with Gasteiger partial charge in [0.2, 0.25) is 0 Å². The number of hydrogen-bond acceptors (Lipinski definition) is 4. The Bertz CT molecular complexity index is 615. The number of likely N-dealkylation sites (tertiary alicyclic amines) is 2. The standard InChI is InChI=1S/C19H28ClN3O2/c1-21(2)19(24)17-5-4-15(12-18(17)20)25-16-8-11-23(13-16)14-6-9-22(3)10-7-14/h4-5,12,14,16H,6-11,13H2,1-3H3/t16-/m0/s1. The van der Waals surface area contributed by atoms with Gasteiger partial charge in [-0.15, -0.1) is 0 Å². The van der Waals surface area contributed by atoms with Gasteiger partial charge in [-0.1, -0.05) is 11.6 Å². The van der Waals surface area contributed by atoms with Crippen LogP contribution < -0.4 is 4.74 Å². The second-order valence-corrected chi connectivity index (χ2v) is 7.81. The Labute approximate surface area is 155 Å². The van der Waals surface area contributed by atoms with Gasteiger partial charge in [0, 0.05) is 33.2 Å². The van der Waals surface area contributed by atoms with E-state index < -0.39 is 0 Å². The van der Waals surface area contributed by atoms with Crippen molar-refractivity contribution in [3.8, 4) is 5.75 Å². The largest absolute Gasteiger partial charge is 0.489 e. The highest BCUT2D eigenvalue weighted by Crippen LogP contribution is 2.27. The Morgan fingerprint density at radius 2 is 1.92 bits per heavy atom. The minimum atomic E-state index is -0.0918. The molecule has 2 saturated heterocycles. The molecular weight excluding hydrogens is 338 g/mol. The summed E-state index contributed by atoms with van der Waals surface area (Å²) < 4.78 is 6.13. The Kier molecular flexibility index (Phi) is 5.87. The summed E-state index contributed by atoms with van der Waals surface area (Å²) in [6, 6.07) is 6.05. The van der Waals surface area contributed by atoms with Gasteiger partial charge in [0.05, 0.1) is 10.6 Å². The highest BCUT2D eigenvalue weighted by atomic mass is 35.5. The fraction of sp³-hybridized carbons (Fsp3) is 0.632. The summed E-state index contributed by atoms with van der Waals surface area (Å²) >= 11 is 6.28. The molecule has 2 fully saturated rings. The third kappa shape index (κ3) is 4.46. The first-order chi connectivity index (χ1) is 11.9. The maximum Gasteiger partial charge on any atom is 0.254 e. The molecule has 1 aromatic rings. The number of nitrogens with zero attached hydrogens (tertiary/aromatic N) is 3. The fourth-order valence-corrected chi connectivity index (χ4v) is 3.97. The maximum absolute atomic E-state index is 12.1. The molecule has 6 heteroatoms. The van der Waals surface area contributed by atoms with Crippen molar-refractivity contribution in [1.29, 1.82) is 0 Å². The lowest BCUT2D eigenvalue weighted by atomic mass is 10.0. The van der Waals surface area contributed by atoms with Crippen LogP contribution in [-0.2, 0) is 0 Å². The van der Waals surface area contributed by atoms with E-state index in [0.29, 0.717) is 16.6 Å². The summed E-state index contributed by atoms with van der Waals surface area (Å²) in [5.74, 6) is 0.654. The zero-order valence-electron chi connectivity index (χ0n) is 15.4. The summed E-state index contributed by atoms with van der Waals surface area (Å²) in [5, 5.41) is 0.446. The van der Waals surface area contributed by atoms with E-state index in [9.17, 15) is 4.79 Å². The van der Waals surface area contributed by atoms with E-state index in [0.717, 1.165) is 25.3 Å². The van der Waals surface area contributed by atoms with Crippen molar-refractivity contribution in [2.45, 2.75) is 31.4 Å². The molecule has 0 saturated carbocycles. The molecule has 1 atom stereocenters. The monoisotopic (exact) mass is 365 g/mol. The van der Waals surface area contributed by atoms with Crippen LogP contribution in [0.25, 0.3) is 0 Å². The number of hydrogen-bond donors (Lipinski definition) is 0. The molecular formula is C19H28ClN3O2. The predicted molar refractivity (Wildman–Crippen MR) is 101 cm³/mol. The van der Waals surface area contributed by atoms with E-state index in [-0.39, 0.29) is 12.0 Å². The summed E-state index contributed by atoms with van der Waals surface area (Å²) in [6.07, 6.45) is 3.74. The van der Waals surface area contributed by atoms with Gasteiger partial charge in [-0.25, -0.2) is 0 Å². The lowest BCUT2D eigenvalue weighted by Crippen LogP contribution is -2.43. The molecule has 0 radical (unpaired) electrons. The van der Waals surface area contributed by atoms with E-state index in [4.69, 9.17) is 16.3 Å². The lowest BCUT2D eigenvalue weighted by Gasteiger charge is -2.35. The number of amides is 1. The normalized spacial score (nSPS) is 23.0. The van der Waals surface area contributed by atoms with E-state index in [1.54, 1.807) is 26.2 Å². The molecule has 1 aromatic carbocycles. The number of carbonyl (C=O) groups is 1. The molecule has 0 unspecified atom stereocenters. The van der Waals surface area contributed by atoms with Gasteiger partial charge >= 0.3 is 0 Å². The molecule has 5 nitrogen and oxygen atoms in total. The van der Waals surface area contributed by atoms with Gasteiger partial charge < -0.3 is 14.5 Å². The SMILES string of the molecule is CN1CCC(N2CC[C@H](Oc3ccc(C(=O)N(C)C)c(Cl)c3)C2)CC1. The third-order valence-corrected chi connectivity index (χ3v) is 5.57. The van der Waals surface area contributed by atoms with Crippen molar-refractivity contribution in [3.05, 3.63) is 28.8 Å². The van der Waals surface area contributed by atoms with Crippen molar-refractivity contribution in [2.24, 2.45) is 0 Å². The van der Waals surface area contributed by atoms with Gasteiger partial charge in [-0.3, -0.25) is 9.69 Å². The average Bonchev–Trinajstić information content (AvgIpc) is 3.03. The van der Waals surface area contributed by atoms with Crippen LogP contribution in [0, 0.1) is 0 Å². The van der Waals surface area contributed by atoms with Crippen LogP contribution in [0.3, 0.4) is 0 Å². The number of halogens is 1. The summed E-state index contributed by atoms with van der Waals surface area (Å²) in [7, 11) is 5.64. The second kappa shape index (κ2) is 7.94. The predicted octanol–water partition coefficient (Wildman–Crippen LogP) is 2.59. The summed E-state index contributed by atoms with van der Waals surface area (Å²) in [6.45, 7) is 4.45. The van der Waals surface area contributed by atoms with Crippen LogP contribution in [0.5, 0.6) is 5.75 Å². The first kappa shape index (κ1) is 18.5. The second-order valence-electron chi connectivity index (χ2n) is 7.40. The molecule has 1 amide bonds. The molecule has 2 heterocycles. The first-order valence-corrected chi connectivity index (χ1v) is 9.42. The molecule has 138 valence electrons. The third-order valence-electron chi connectivity index (χ3n) is 5.26. The Morgan fingerprint density at radius 1 is 1.20 bits per heavy atom. The molecule has 0 aromatic heterocycles. The van der Waals surface area contributed by atoms with Crippen LogP contribution in [-0.4, -0.2) is 80.1 Å².